The Balaban J connectivity index is 2.87. The monoisotopic (exact) mass is 292 g/mol. The van der Waals surface area contributed by atoms with Crippen molar-refractivity contribution in [1.29, 1.82) is 0 Å². The van der Waals surface area contributed by atoms with Crippen LogP contribution in [-0.4, -0.2) is 34.9 Å². The lowest BCUT2D eigenvalue weighted by Crippen LogP contribution is -2.57. The molecule has 0 aromatic heterocycles. The second kappa shape index (κ2) is 5.28. The summed E-state index contributed by atoms with van der Waals surface area (Å²) in [6, 6.07) is 0. The number of nitrogens with one attached hydrogen (secondary N) is 1. The molecule has 1 fully saturated rings. The van der Waals surface area contributed by atoms with Crippen LogP contribution in [0.5, 0.6) is 0 Å². The van der Waals surface area contributed by atoms with Crippen molar-refractivity contribution in [3.8, 4) is 0 Å². The van der Waals surface area contributed by atoms with E-state index in [1.54, 1.807) is 20.8 Å². The van der Waals surface area contributed by atoms with E-state index in [4.69, 9.17) is 5.11 Å². The number of rotatable bonds is 6. The van der Waals surface area contributed by atoms with Crippen LogP contribution in [0, 0.1) is 0 Å². The molecule has 0 unspecified atom stereocenters. The van der Waals surface area contributed by atoms with Crippen molar-refractivity contribution in [1.82, 2.24) is 9.84 Å². The topological polar surface area (TPSA) is 86.7 Å². The first-order valence-electron chi connectivity index (χ1n) is 6.61. The molecule has 19 heavy (non-hydrogen) atoms. The number of hydrogen-bond acceptors (Lipinski definition) is 3. The minimum atomic E-state index is -3.65. The van der Waals surface area contributed by atoms with Crippen LogP contribution in [0.1, 0.15) is 59.8 Å². The van der Waals surface area contributed by atoms with Gasteiger partial charge in [0.25, 0.3) is 0 Å². The van der Waals surface area contributed by atoms with E-state index in [0.29, 0.717) is 19.3 Å². The van der Waals surface area contributed by atoms with Crippen LogP contribution in [0.2, 0.25) is 0 Å². The molecule has 1 saturated carbocycles. The number of hydrazine groups is 1. The van der Waals surface area contributed by atoms with Gasteiger partial charge in [0.15, 0.2) is 0 Å². The summed E-state index contributed by atoms with van der Waals surface area (Å²) in [5, 5.41) is 9.91. The van der Waals surface area contributed by atoms with Crippen LogP contribution in [0.15, 0.2) is 0 Å². The number of unbranched alkanes of at least 4 members (excludes halogenated alkanes) is 1. The maximum absolute atomic E-state index is 12.4. The molecule has 6 nitrogen and oxygen atoms in total. The molecule has 112 valence electrons. The molecule has 1 rings (SSSR count). The van der Waals surface area contributed by atoms with Gasteiger partial charge in [-0.3, -0.25) is 0 Å². The highest BCUT2D eigenvalue weighted by Gasteiger charge is 2.55. The van der Waals surface area contributed by atoms with E-state index >= 15 is 0 Å². The Kier molecular flexibility index (Phi) is 4.51. The molecule has 0 spiro atoms. The van der Waals surface area contributed by atoms with Gasteiger partial charge in [-0.25, -0.2) is 18.2 Å². The van der Waals surface area contributed by atoms with Crippen LogP contribution in [0.4, 0.5) is 4.79 Å². The minimum Gasteiger partial charge on any atom is -0.464 e. The smallest absolute Gasteiger partial charge is 0.423 e. The van der Waals surface area contributed by atoms with Gasteiger partial charge < -0.3 is 5.11 Å². The predicted octanol–water partition coefficient (Wildman–Crippen LogP) is 2.32. The Labute approximate surface area is 115 Å². The second-order valence-electron chi connectivity index (χ2n) is 6.17. The zero-order valence-corrected chi connectivity index (χ0v) is 12.9. The van der Waals surface area contributed by atoms with Gasteiger partial charge in [0, 0.05) is 0 Å². The molecule has 2 N–H and O–H groups in total. The molecule has 7 heteroatoms. The molecule has 0 heterocycles. The van der Waals surface area contributed by atoms with Gasteiger partial charge >= 0.3 is 6.09 Å². The van der Waals surface area contributed by atoms with Crippen molar-refractivity contribution < 1.29 is 18.3 Å². The van der Waals surface area contributed by atoms with Crippen LogP contribution >= 0.6 is 0 Å². The molecule has 1 amide bonds. The molecular weight excluding hydrogens is 268 g/mol. The van der Waals surface area contributed by atoms with Crippen molar-refractivity contribution >= 4 is 16.1 Å². The molecular formula is C12H24N2O4S. The Morgan fingerprint density at radius 1 is 1.37 bits per heavy atom. The van der Waals surface area contributed by atoms with Crippen LogP contribution in [0.25, 0.3) is 0 Å². The maximum atomic E-state index is 12.4. The van der Waals surface area contributed by atoms with Gasteiger partial charge in [-0.2, -0.15) is 0 Å². The van der Waals surface area contributed by atoms with Gasteiger partial charge in [-0.15, -0.1) is 4.83 Å². The van der Waals surface area contributed by atoms with Crippen LogP contribution in [-0.2, 0) is 10.0 Å². The van der Waals surface area contributed by atoms with E-state index in [9.17, 15) is 13.2 Å². The number of carbonyl (C=O) groups is 1. The lowest BCUT2D eigenvalue weighted by Gasteiger charge is -2.34. The number of sulfonamides is 1. The van der Waals surface area contributed by atoms with Gasteiger partial charge in [-0.05, 0) is 40.0 Å². The summed E-state index contributed by atoms with van der Waals surface area (Å²) >= 11 is 0. The standard InChI is InChI=1S/C12H24N2O4S/c1-5-6-7-12(8-9-12)19(17,18)13-14(10(15)16)11(2,3)4/h13H,5-9H2,1-4H3,(H,15,16). The Bertz CT molecular complexity index is 435. The van der Waals surface area contributed by atoms with Crippen molar-refractivity contribution in [3.63, 3.8) is 0 Å². The zero-order chi connectivity index (χ0) is 14.9. The van der Waals surface area contributed by atoms with E-state index < -0.39 is 26.4 Å². The molecule has 0 radical (unpaired) electrons. The largest absolute Gasteiger partial charge is 0.464 e. The number of nitrogens with zero attached hydrogens (tertiary/aromatic N) is 1. The zero-order valence-electron chi connectivity index (χ0n) is 12.1. The molecule has 0 aromatic rings. The SMILES string of the molecule is CCCCC1(S(=O)(=O)NN(C(=O)O)C(C)(C)C)CC1. The van der Waals surface area contributed by atoms with Crippen LogP contribution < -0.4 is 4.83 Å². The summed E-state index contributed by atoms with van der Waals surface area (Å²) in [6.07, 6.45) is 2.29. The molecule has 1 aliphatic rings. The highest BCUT2D eigenvalue weighted by atomic mass is 32.2. The van der Waals surface area contributed by atoms with Crippen molar-refractivity contribution in [3.05, 3.63) is 0 Å². The summed E-state index contributed by atoms with van der Waals surface area (Å²) in [5.41, 5.74) is -0.820. The molecule has 0 aliphatic heterocycles. The first kappa shape index (κ1) is 16.2. The lowest BCUT2D eigenvalue weighted by molar-refractivity contribution is 0.0853. The lowest BCUT2D eigenvalue weighted by atomic mass is 10.1. The normalized spacial score (nSPS) is 18.1. The summed E-state index contributed by atoms with van der Waals surface area (Å²) < 4.78 is 24.0. The third-order valence-corrected chi connectivity index (χ3v) is 5.61. The molecule has 0 aromatic carbocycles. The minimum absolute atomic E-state index is 0.594. The Morgan fingerprint density at radius 2 is 1.89 bits per heavy atom. The first-order valence-corrected chi connectivity index (χ1v) is 8.09. The maximum Gasteiger partial charge on any atom is 0.423 e. The van der Waals surface area contributed by atoms with Crippen molar-refractivity contribution in [2.24, 2.45) is 0 Å². The average molecular weight is 292 g/mol. The second-order valence-corrected chi connectivity index (χ2v) is 8.23. The van der Waals surface area contributed by atoms with Gasteiger partial charge in [0.2, 0.25) is 10.0 Å². The quantitative estimate of drug-likeness (QED) is 0.736. The summed E-state index contributed by atoms with van der Waals surface area (Å²) in [7, 11) is -3.65. The molecule has 0 bridgehead atoms. The number of carboxylic acid groups (broad SMARTS) is 1. The number of hydrogen-bond donors (Lipinski definition) is 2. The van der Waals surface area contributed by atoms with E-state index in [2.05, 4.69) is 4.83 Å². The third kappa shape index (κ3) is 3.60. The van der Waals surface area contributed by atoms with Gasteiger partial charge in [0.05, 0.1) is 10.3 Å². The third-order valence-electron chi connectivity index (χ3n) is 3.44. The fourth-order valence-electron chi connectivity index (χ4n) is 1.97. The summed E-state index contributed by atoms with van der Waals surface area (Å²) in [6.45, 7) is 6.95. The first-order chi connectivity index (χ1) is 8.56. The molecule has 0 saturated heterocycles. The highest BCUT2D eigenvalue weighted by Crippen LogP contribution is 2.47. The van der Waals surface area contributed by atoms with E-state index in [0.717, 1.165) is 17.9 Å². The van der Waals surface area contributed by atoms with E-state index in [-0.39, 0.29) is 0 Å². The Hall–Kier alpha value is -0.820. The average Bonchev–Trinajstić information content (AvgIpc) is 3.02. The van der Waals surface area contributed by atoms with Crippen LogP contribution in [0.3, 0.4) is 0 Å². The molecule has 0 atom stereocenters. The Morgan fingerprint density at radius 3 is 2.21 bits per heavy atom. The fraction of sp³-hybridized carbons (Fsp3) is 0.917. The predicted molar refractivity (Wildman–Crippen MR) is 73.2 cm³/mol. The highest BCUT2D eigenvalue weighted by molar-refractivity contribution is 7.91. The summed E-state index contributed by atoms with van der Waals surface area (Å²) in [4.78, 5) is 13.4. The van der Waals surface area contributed by atoms with E-state index in [1.165, 1.54) is 0 Å². The van der Waals surface area contributed by atoms with Crippen molar-refractivity contribution in [2.75, 3.05) is 0 Å². The van der Waals surface area contributed by atoms with E-state index in [1.807, 2.05) is 6.92 Å². The van der Waals surface area contributed by atoms with Crippen molar-refractivity contribution in [2.45, 2.75) is 70.1 Å². The van der Waals surface area contributed by atoms with Gasteiger partial charge in [-0.1, -0.05) is 19.8 Å². The summed E-state index contributed by atoms with van der Waals surface area (Å²) in [5.74, 6) is 0. The number of amides is 1. The fourth-order valence-corrected chi connectivity index (χ4v) is 3.81. The van der Waals surface area contributed by atoms with Gasteiger partial charge in [0.1, 0.15) is 0 Å². The molecule has 1 aliphatic carbocycles.